The molecule has 1 N–H and O–H groups in total. The maximum atomic E-state index is 13.0. The minimum absolute atomic E-state index is 0.0689. The number of ether oxygens (including phenoxy) is 1. The highest BCUT2D eigenvalue weighted by molar-refractivity contribution is 6.27. The lowest BCUT2D eigenvalue weighted by atomic mass is 9.90. The standard InChI is InChI=1S/C18H27N3O4/c1-2-14(19-11-13-9-6-10-25-13)15-16(22)20-18(24)21(17(15)23)12-7-4-3-5-8-12/h12-13,15H,2-11H2,1H3,(H,20,22,24)/t13-,15?/m0/s1. The Hall–Kier alpha value is -1.76. The van der Waals surface area contributed by atoms with E-state index in [1.807, 2.05) is 6.92 Å². The summed E-state index contributed by atoms with van der Waals surface area (Å²) in [5.41, 5.74) is 0.548. The molecule has 0 aromatic rings. The quantitative estimate of drug-likeness (QED) is 0.608. The zero-order valence-corrected chi connectivity index (χ0v) is 14.8. The number of carbonyl (C=O) groups excluding carboxylic acids is 3. The highest BCUT2D eigenvalue weighted by atomic mass is 16.5. The van der Waals surface area contributed by atoms with Gasteiger partial charge in [-0.3, -0.25) is 24.8 Å². The molecule has 3 fully saturated rings. The monoisotopic (exact) mass is 349 g/mol. The zero-order chi connectivity index (χ0) is 17.8. The van der Waals surface area contributed by atoms with Crippen molar-refractivity contribution in [2.75, 3.05) is 13.2 Å². The average molecular weight is 349 g/mol. The molecule has 3 aliphatic rings. The van der Waals surface area contributed by atoms with Gasteiger partial charge in [-0.15, -0.1) is 0 Å². The molecule has 0 radical (unpaired) electrons. The van der Waals surface area contributed by atoms with Gasteiger partial charge in [0.25, 0.3) is 0 Å². The second-order valence-electron chi connectivity index (χ2n) is 7.05. The number of amides is 4. The molecule has 4 amide bonds. The van der Waals surface area contributed by atoms with Crippen LogP contribution in [0, 0.1) is 5.92 Å². The van der Waals surface area contributed by atoms with Gasteiger partial charge in [-0.05, 0) is 32.1 Å². The fourth-order valence-electron chi connectivity index (χ4n) is 3.98. The van der Waals surface area contributed by atoms with Crippen molar-refractivity contribution in [3.05, 3.63) is 0 Å². The molecule has 0 aromatic carbocycles. The van der Waals surface area contributed by atoms with E-state index in [0.29, 0.717) is 18.7 Å². The maximum absolute atomic E-state index is 13.0. The highest BCUT2D eigenvalue weighted by Crippen LogP contribution is 2.26. The number of rotatable bonds is 5. The zero-order valence-electron chi connectivity index (χ0n) is 14.8. The molecule has 0 bridgehead atoms. The van der Waals surface area contributed by atoms with Gasteiger partial charge in [0.05, 0.1) is 12.6 Å². The smallest absolute Gasteiger partial charge is 0.331 e. The van der Waals surface area contributed by atoms with E-state index in [1.165, 1.54) is 4.90 Å². The second kappa shape index (κ2) is 8.08. The van der Waals surface area contributed by atoms with E-state index in [1.54, 1.807) is 0 Å². The van der Waals surface area contributed by atoms with E-state index < -0.39 is 23.8 Å². The first-order valence-corrected chi connectivity index (χ1v) is 9.44. The van der Waals surface area contributed by atoms with Crippen LogP contribution in [0.5, 0.6) is 0 Å². The molecule has 1 saturated carbocycles. The number of nitrogens with one attached hydrogen (secondary N) is 1. The van der Waals surface area contributed by atoms with Gasteiger partial charge in [-0.1, -0.05) is 26.2 Å². The summed E-state index contributed by atoms with van der Waals surface area (Å²) in [6.45, 7) is 3.10. The lowest BCUT2D eigenvalue weighted by molar-refractivity contribution is -0.141. The summed E-state index contributed by atoms with van der Waals surface area (Å²) in [5.74, 6) is -1.94. The Morgan fingerprint density at radius 2 is 1.92 bits per heavy atom. The summed E-state index contributed by atoms with van der Waals surface area (Å²) in [6.07, 6.45) is 7.33. The third-order valence-corrected chi connectivity index (χ3v) is 5.35. The van der Waals surface area contributed by atoms with E-state index in [4.69, 9.17) is 4.74 Å². The van der Waals surface area contributed by atoms with Gasteiger partial charge in [0, 0.05) is 18.4 Å². The van der Waals surface area contributed by atoms with Crippen molar-refractivity contribution in [1.29, 1.82) is 0 Å². The predicted octanol–water partition coefficient (Wildman–Crippen LogP) is 2.04. The van der Waals surface area contributed by atoms with E-state index in [2.05, 4.69) is 10.3 Å². The van der Waals surface area contributed by atoms with Gasteiger partial charge >= 0.3 is 6.03 Å². The van der Waals surface area contributed by atoms with E-state index in [0.717, 1.165) is 51.6 Å². The molecule has 2 atom stereocenters. The minimum atomic E-state index is -0.981. The lowest BCUT2D eigenvalue weighted by Crippen LogP contribution is -2.62. The molecule has 7 nitrogen and oxygen atoms in total. The minimum Gasteiger partial charge on any atom is -0.376 e. The number of hydrogen-bond acceptors (Lipinski definition) is 5. The van der Waals surface area contributed by atoms with Crippen LogP contribution in [0.25, 0.3) is 0 Å². The predicted molar refractivity (Wildman–Crippen MR) is 92.3 cm³/mol. The van der Waals surface area contributed by atoms with Gasteiger partial charge in [-0.2, -0.15) is 0 Å². The third kappa shape index (κ3) is 3.92. The fourth-order valence-corrected chi connectivity index (χ4v) is 3.98. The molecular weight excluding hydrogens is 322 g/mol. The van der Waals surface area contributed by atoms with Crippen molar-refractivity contribution >= 4 is 23.6 Å². The van der Waals surface area contributed by atoms with Crippen molar-refractivity contribution in [1.82, 2.24) is 10.2 Å². The molecule has 7 heteroatoms. The third-order valence-electron chi connectivity index (χ3n) is 5.35. The Morgan fingerprint density at radius 3 is 2.56 bits per heavy atom. The lowest BCUT2D eigenvalue weighted by Gasteiger charge is -2.37. The van der Waals surface area contributed by atoms with E-state index in [-0.39, 0.29) is 12.1 Å². The van der Waals surface area contributed by atoms with Crippen LogP contribution >= 0.6 is 0 Å². The number of aliphatic imine (C=N–C) groups is 1. The molecule has 1 aliphatic carbocycles. The summed E-state index contributed by atoms with van der Waals surface area (Å²) in [5, 5.41) is 2.37. The topological polar surface area (TPSA) is 88.1 Å². The molecule has 0 aromatic heterocycles. The van der Waals surface area contributed by atoms with Crippen LogP contribution in [-0.4, -0.2) is 53.8 Å². The van der Waals surface area contributed by atoms with Crippen LogP contribution in [0.3, 0.4) is 0 Å². The van der Waals surface area contributed by atoms with Gasteiger partial charge in [0.1, 0.15) is 0 Å². The Bertz CT molecular complexity index is 563. The van der Waals surface area contributed by atoms with E-state index >= 15 is 0 Å². The van der Waals surface area contributed by atoms with Crippen molar-refractivity contribution in [2.24, 2.45) is 10.9 Å². The van der Waals surface area contributed by atoms with Crippen LogP contribution < -0.4 is 5.32 Å². The van der Waals surface area contributed by atoms with Gasteiger partial charge in [0.15, 0.2) is 5.92 Å². The van der Waals surface area contributed by atoms with Gasteiger partial charge in [0.2, 0.25) is 11.8 Å². The van der Waals surface area contributed by atoms with Crippen LogP contribution in [0.2, 0.25) is 0 Å². The molecule has 0 spiro atoms. The normalized spacial score (nSPS) is 29.2. The first kappa shape index (κ1) is 18.0. The number of carbonyl (C=O) groups is 3. The highest BCUT2D eigenvalue weighted by Gasteiger charge is 2.45. The van der Waals surface area contributed by atoms with Crippen molar-refractivity contribution in [3.8, 4) is 0 Å². The summed E-state index contributed by atoms with van der Waals surface area (Å²) in [4.78, 5) is 43.4. The van der Waals surface area contributed by atoms with Crippen molar-refractivity contribution < 1.29 is 19.1 Å². The van der Waals surface area contributed by atoms with Crippen LogP contribution in [0.1, 0.15) is 58.3 Å². The van der Waals surface area contributed by atoms with Crippen LogP contribution in [-0.2, 0) is 14.3 Å². The average Bonchev–Trinajstić information content (AvgIpc) is 3.12. The van der Waals surface area contributed by atoms with Gasteiger partial charge in [-0.25, -0.2) is 4.79 Å². The molecule has 138 valence electrons. The Balaban J connectivity index is 1.77. The Labute approximate surface area is 148 Å². The van der Waals surface area contributed by atoms with Crippen LogP contribution in [0.15, 0.2) is 4.99 Å². The molecule has 3 rings (SSSR count). The molecule has 1 unspecified atom stereocenters. The summed E-state index contributed by atoms with van der Waals surface area (Å²) in [7, 11) is 0. The molecule has 2 aliphatic heterocycles. The fraction of sp³-hybridized carbons (Fsp3) is 0.778. The Morgan fingerprint density at radius 1 is 1.16 bits per heavy atom. The van der Waals surface area contributed by atoms with Crippen molar-refractivity contribution in [2.45, 2.75) is 70.4 Å². The van der Waals surface area contributed by atoms with E-state index in [9.17, 15) is 14.4 Å². The number of imide groups is 2. The summed E-state index contributed by atoms with van der Waals surface area (Å²) < 4.78 is 5.57. The number of urea groups is 1. The summed E-state index contributed by atoms with van der Waals surface area (Å²) >= 11 is 0. The van der Waals surface area contributed by atoms with Crippen molar-refractivity contribution in [3.63, 3.8) is 0 Å². The summed E-state index contributed by atoms with van der Waals surface area (Å²) in [6, 6.07) is -0.680. The molecule has 25 heavy (non-hydrogen) atoms. The number of nitrogens with zero attached hydrogens (tertiary/aromatic N) is 2. The first-order valence-electron chi connectivity index (χ1n) is 9.44. The van der Waals surface area contributed by atoms with Crippen LogP contribution in [0.4, 0.5) is 4.79 Å². The SMILES string of the molecule is CCC(=NC[C@@H]1CCCO1)C1C(=O)NC(=O)N(C2CCCCC2)C1=O. The molecular formula is C18H27N3O4. The Kier molecular flexibility index (Phi) is 5.83. The molecule has 2 heterocycles. The second-order valence-corrected chi connectivity index (χ2v) is 7.05. The number of barbiturate groups is 1. The first-order chi connectivity index (χ1) is 12.1. The molecule has 2 saturated heterocycles. The maximum Gasteiger partial charge on any atom is 0.331 e. The largest absolute Gasteiger partial charge is 0.376 e. The van der Waals surface area contributed by atoms with Gasteiger partial charge < -0.3 is 4.74 Å². The number of hydrogen-bond donors (Lipinski definition) is 1.